The number of benzene rings is 1. The average Bonchev–Trinajstić information content (AvgIpc) is 2.70. The van der Waals surface area contributed by atoms with Crippen LogP contribution in [-0.4, -0.2) is 9.97 Å². The number of aromatic nitrogens is 2. The quantitative estimate of drug-likeness (QED) is 0.802. The van der Waals surface area contributed by atoms with Crippen LogP contribution >= 0.6 is 0 Å². The zero-order valence-corrected chi connectivity index (χ0v) is 8.03. The Bertz CT molecular complexity index is 378. The van der Waals surface area contributed by atoms with Crippen molar-refractivity contribution in [3.63, 3.8) is 0 Å². The van der Waals surface area contributed by atoms with E-state index in [4.69, 9.17) is 4.74 Å². The van der Waals surface area contributed by atoms with E-state index in [1.807, 2.05) is 24.3 Å². The highest BCUT2D eigenvalue weighted by Gasteiger charge is 1.96. The number of rotatable bonds is 3. The molecular weight excluding hydrogens is 176 g/mol. The van der Waals surface area contributed by atoms with Gasteiger partial charge in [-0.1, -0.05) is 17.7 Å². The van der Waals surface area contributed by atoms with Gasteiger partial charge in [0.25, 0.3) is 0 Å². The third-order valence-electron chi connectivity index (χ3n) is 1.95. The molecule has 0 fully saturated rings. The summed E-state index contributed by atoms with van der Waals surface area (Å²) >= 11 is 0. The molecule has 0 saturated heterocycles. The molecule has 2 rings (SSSR count). The molecule has 3 heteroatoms. The fourth-order valence-electron chi connectivity index (χ4n) is 1.16. The first-order valence-electron chi connectivity index (χ1n) is 4.52. The van der Waals surface area contributed by atoms with Gasteiger partial charge < -0.3 is 9.72 Å². The van der Waals surface area contributed by atoms with E-state index in [-0.39, 0.29) is 0 Å². The van der Waals surface area contributed by atoms with Crippen LogP contribution in [0.25, 0.3) is 0 Å². The molecule has 1 aromatic heterocycles. The van der Waals surface area contributed by atoms with Crippen molar-refractivity contribution in [1.82, 2.24) is 9.97 Å². The lowest BCUT2D eigenvalue weighted by molar-refractivity contribution is 0.297. The summed E-state index contributed by atoms with van der Waals surface area (Å²) in [6, 6.07) is 7.96. The minimum atomic E-state index is 0.482. The molecule has 0 aliphatic rings. The number of H-pyrrole nitrogens is 1. The zero-order chi connectivity index (χ0) is 9.80. The van der Waals surface area contributed by atoms with Crippen LogP contribution < -0.4 is 4.74 Å². The van der Waals surface area contributed by atoms with E-state index in [9.17, 15) is 0 Å². The molecule has 3 nitrogen and oxygen atoms in total. The molecule has 0 aliphatic carbocycles. The Balaban J connectivity index is 1.95. The van der Waals surface area contributed by atoms with Gasteiger partial charge in [0, 0.05) is 12.4 Å². The number of imidazole rings is 1. The van der Waals surface area contributed by atoms with Crippen LogP contribution in [0.5, 0.6) is 5.75 Å². The first-order valence-corrected chi connectivity index (χ1v) is 4.52. The van der Waals surface area contributed by atoms with Gasteiger partial charge in [-0.2, -0.15) is 0 Å². The summed E-state index contributed by atoms with van der Waals surface area (Å²) in [5, 5.41) is 0. The molecule has 1 N–H and O–H groups in total. The summed E-state index contributed by atoms with van der Waals surface area (Å²) in [5.41, 5.74) is 1.23. The lowest BCUT2D eigenvalue weighted by Gasteiger charge is -2.03. The number of hydrogen-bond donors (Lipinski definition) is 1. The van der Waals surface area contributed by atoms with Crippen molar-refractivity contribution in [2.75, 3.05) is 0 Å². The van der Waals surface area contributed by atoms with Crippen molar-refractivity contribution >= 4 is 0 Å². The summed E-state index contributed by atoms with van der Waals surface area (Å²) in [6.07, 6.45) is 3.50. The number of nitrogens with one attached hydrogen (secondary N) is 1. The van der Waals surface area contributed by atoms with Gasteiger partial charge in [-0.15, -0.1) is 0 Å². The van der Waals surface area contributed by atoms with Gasteiger partial charge in [-0.3, -0.25) is 0 Å². The Labute approximate surface area is 82.8 Å². The van der Waals surface area contributed by atoms with Gasteiger partial charge in [-0.05, 0) is 19.1 Å². The maximum Gasteiger partial charge on any atom is 0.146 e. The molecule has 0 atom stereocenters. The number of ether oxygens (including phenoxy) is 1. The first kappa shape index (κ1) is 8.81. The minimum absolute atomic E-state index is 0.482. The van der Waals surface area contributed by atoms with Gasteiger partial charge in [-0.25, -0.2) is 4.98 Å². The highest BCUT2D eigenvalue weighted by atomic mass is 16.5. The van der Waals surface area contributed by atoms with Crippen LogP contribution in [-0.2, 0) is 6.61 Å². The lowest BCUT2D eigenvalue weighted by Crippen LogP contribution is -1.96. The smallest absolute Gasteiger partial charge is 0.146 e. The summed E-state index contributed by atoms with van der Waals surface area (Å²) < 4.78 is 5.51. The summed E-state index contributed by atoms with van der Waals surface area (Å²) in [5.74, 6) is 1.71. The van der Waals surface area contributed by atoms with E-state index in [0.717, 1.165) is 11.6 Å². The molecule has 72 valence electrons. The van der Waals surface area contributed by atoms with Crippen molar-refractivity contribution in [1.29, 1.82) is 0 Å². The molecule has 1 heterocycles. The van der Waals surface area contributed by atoms with Crippen LogP contribution in [0, 0.1) is 6.92 Å². The van der Waals surface area contributed by atoms with E-state index >= 15 is 0 Å². The number of hydrogen-bond acceptors (Lipinski definition) is 2. The third kappa shape index (κ3) is 2.13. The van der Waals surface area contributed by atoms with Gasteiger partial charge in [0.05, 0.1) is 0 Å². The number of aryl methyl sites for hydroxylation is 1. The minimum Gasteiger partial charge on any atom is -0.486 e. The Kier molecular flexibility index (Phi) is 2.49. The molecule has 0 saturated carbocycles. The molecule has 0 unspecified atom stereocenters. The molecule has 0 aliphatic heterocycles. The second kappa shape index (κ2) is 3.96. The van der Waals surface area contributed by atoms with E-state index in [0.29, 0.717) is 6.61 Å². The first-order chi connectivity index (χ1) is 6.84. The van der Waals surface area contributed by atoms with E-state index in [2.05, 4.69) is 16.9 Å². The van der Waals surface area contributed by atoms with Gasteiger partial charge >= 0.3 is 0 Å². The van der Waals surface area contributed by atoms with Crippen molar-refractivity contribution in [2.45, 2.75) is 13.5 Å². The van der Waals surface area contributed by atoms with E-state index in [1.54, 1.807) is 12.4 Å². The Morgan fingerprint density at radius 3 is 2.71 bits per heavy atom. The fraction of sp³-hybridized carbons (Fsp3) is 0.182. The number of aromatic amines is 1. The van der Waals surface area contributed by atoms with Gasteiger partial charge in [0.2, 0.25) is 0 Å². The molecule has 0 amide bonds. The van der Waals surface area contributed by atoms with Crippen molar-refractivity contribution in [3.8, 4) is 5.75 Å². The monoisotopic (exact) mass is 188 g/mol. The maximum absolute atomic E-state index is 5.51. The topological polar surface area (TPSA) is 37.9 Å². The molecule has 2 aromatic rings. The Morgan fingerprint density at radius 1 is 1.29 bits per heavy atom. The normalized spacial score (nSPS) is 10.1. The SMILES string of the molecule is Cc1ccc(OCc2ncc[nH]2)cc1. The largest absolute Gasteiger partial charge is 0.486 e. The average molecular weight is 188 g/mol. The van der Waals surface area contributed by atoms with Crippen LogP contribution in [0.3, 0.4) is 0 Å². The molecule has 0 bridgehead atoms. The lowest BCUT2D eigenvalue weighted by atomic mass is 10.2. The maximum atomic E-state index is 5.51. The molecule has 1 aromatic carbocycles. The Morgan fingerprint density at radius 2 is 2.07 bits per heavy atom. The second-order valence-electron chi connectivity index (χ2n) is 3.14. The highest BCUT2D eigenvalue weighted by molar-refractivity contribution is 5.26. The molecule has 14 heavy (non-hydrogen) atoms. The van der Waals surface area contributed by atoms with E-state index in [1.165, 1.54) is 5.56 Å². The van der Waals surface area contributed by atoms with Crippen molar-refractivity contribution in [3.05, 3.63) is 48.0 Å². The molecular formula is C11H12N2O. The van der Waals surface area contributed by atoms with Crippen LogP contribution in [0.2, 0.25) is 0 Å². The van der Waals surface area contributed by atoms with Crippen LogP contribution in [0.4, 0.5) is 0 Å². The molecule has 0 spiro atoms. The Hall–Kier alpha value is -1.77. The van der Waals surface area contributed by atoms with Crippen molar-refractivity contribution in [2.24, 2.45) is 0 Å². The summed E-state index contributed by atoms with van der Waals surface area (Å²) in [6.45, 7) is 2.53. The second-order valence-corrected chi connectivity index (χ2v) is 3.14. The molecule has 0 radical (unpaired) electrons. The summed E-state index contributed by atoms with van der Waals surface area (Å²) in [7, 11) is 0. The van der Waals surface area contributed by atoms with E-state index < -0.39 is 0 Å². The fourth-order valence-corrected chi connectivity index (χ4v) is 1.16. The standard InChI is InChI=1S/C11H12N2O/c1-9-2-4-10(5-3-9)14-8-11-12-6-7-13-11/h2-7H,8H2,1H3,(H,12,13). The predicted molar refractivity (Wildman–Crippen MR) is 54.1 cm³/mol. The van der Waals surface area contributed by atoms with Crippen LogP contribution in [0.15, 0.2) is 36.7 Å². The summed E-state index contributed by atoms with van der Waals surface area (Å²) in [4.78, 5) is 7.05. The number of nitrogens with zero attached hydrogens (tertiary/aromatic N) is 1. The highest BCUT2D eigenvalue weighted by Crippen LogP contribution is 2.12. The van der Waals surface area contributed by atoms with Crippen LogP contribution in [0.1, 0.15) is 11.4 Å². The van der Waals surface area contributed by atoms with Gasteiger partial charge in [0.15, 0.2) is 0 Å². The van der Waals surface area contributed by atoms with Gasteiger partial charge in [0.1, 0.15) is 18.2 Å². The van der Waals surface area contributed by atoms with Crippen molar-refractivity contribution < 1.29 is 4.74 Å². The predicted octanol–water partition coefficient (Wildman–Crippen LogP) is 2.30. The third-order valence-corrected chi connectivity index (χ3v) is 1.95. The zero-order valence-electron chi connectivity index (χ0n) is 8.03.